The third-order valence-corrected chi connectivity index (χ3v) is 5.51. The van der Waals surface area contributed by atoms with Crippen molar-refractivity contribution in [3.05, 3.63) is 35.0 Å². The molecule has 0 unspecified atom stereocenters. The lowest BCUT2D eigenvalue weighted by atomic mass is 10.0. The van der Waals surface area contributed by atoms with Crippen LogP contribution in [0.25, 0.3) is 10.9 Å². The summed E-state index contributed by atoms with van der Waals surface area (Å²) in [5.74, 6) is 0.355. The SMILES string of the molecule is C.O=C1N[C@H](Cc2c[nH]c3c(Cl)cccc23)C(=O)N1CC1CCCC1. The van der Waals surface area contributed by atoms with E-state index in [0.717, 1.165) is 29.3 Å². The van der Waals surface area contributed by atoms with E-state index in [4.69, 9.17) is 11.6 Å². The number of aromatic amines is 1. The second-order valence-corrected chi connectivity index (χ2v) is 7.19. The van der Waals surface area contributed by atoms with Gasteiger partial charge in [0, 0.05) is 24.5 Å². The second kappa shape index (κ2) is 7.08. The molecule has 1 saturated carbocycles. The number of carbonyl (C=O) groups is 2. The number of hydrogen-bond acceptors (Lipinski definition) is 2. The van der Waals surface area contributed by atoms with Crippen LogP contribution >= 0.6 is 11.6 Å². The molecular weight excluding hydrogens is 338 g/mol. The van der Waals surface area contributed by atoms with Crippen molar-refractivity contribution in [3.8, 4) is 0 Å². The third kappa shape index (κ3) is 3.25. The van der Waals surface area contributed by atoms with Crippen LogP contribution in [0.3, 0.4) is 0 Å². The fraction of sp³-hybridized carbons (Fsp3) is 0.474. The maximum absolute atomic E-state index is 12.6. The Balaban J connectivity index is 0.00000182. The first kappa shape index (κ1) is 17.8. The molecule has 2 aromatic rings. The van der Waals surface area contributed by atoms with Crippen molar-refractivity contribution in [2.75, 3.05) is 6.54 Å². The number of urea groups is 1. The lowest BCUT2D eigenvalue weighted by molar-refractivity contribution is -0.127. The number of fused-ring (bicyclic) bond motifs is 1. The van der Waals surface area contributed by atoms with E-state index in [1.165, 1.54) is 17.7 Å². The maximum Gasteiger partial charge on any atom is 0.324 e. The van der Waals surface area contributed by atoms with E-state index >= 15 is 0 Å². The van der Waals surface area contributed by atoms with Gasteiger partial charge in [0.25, 0.3) is 5.91 Å². The third-order valence-electron chi connectivity index (χ3n) is 5.20. The first-order chi connectivity index (χ1) is 11.6. The normalized spacial score (nSPS) is 21.0. The number of nitrogens with zero attached hydrogens (tertiary/aromatic N) is 1. The summed E-state index contributed by atoms with van der Waals surface area (Å²) in [6.45, 7) is 0.556. The van der Waals surface area contributed by atoms with Crippen molar-refractivity contribution in [3.63, 3.8) is 0 Å². The number of hydrogen-bond donors (Lipinski definition) is 2. The van der Waals surface area contributed by atoms with Crippen LogP contribution in [0, 0.1) is 5.92 Å². The van der Waals surface area contributed by atoms with Crippen LogP contribution in [0.1, 0.15) is 38.7 Å². The van der Waals surface area contributed by atoms with E-state index in [9.17, 15) is 9.59 Å². The number of benzene rings is 1. The lowest BCUT2D eigenvalue weighted by Gasteiger charge is -2.17. The summed E-state index contributed by atoms with van der Waals surface area (Å²) in [5.41, 5.74) is 1.86. The zero-order valence-electron chi connectivity index (χ0n) is 13.3. The summed E-state index contributed by atoms with van der Waals surface area (Å²) in [4.78, 5) is 29.4. The van der Waals surface area contributed by atoms with Crippen LogP contribution in [-0.2, 0) is 11.2 Å². The van der Waals surface area contributed by atoms with Gasteiger partial charge in [0.05, 0.1) is 10.5 Å². The zero-order valence-corrected chi connectivity index (χ0v) is 14.1. The largest absolute Gasteiger partial charge is 0.360 e. The van der Waals surface area contributed by atoms with Gasteiger partial charge in [-0.25, -0.2) is 4.79 Å². The van der Waals surface area contributed by atoms with E-state index < -0.39 is 6.04 Å². The molecule has 6 heteroatoms. The average molecular weight is 362 g/mol. The molecule has 3 amide bonds. The molecule has 0 spiro atoms. The smallest absolute Gasteiger partial charge is 0.324 e. The molecule has 2 fully saturated rings. The van der Waals surface area contributed by atoms with Crippen LogP contribution in [0.4, 0.5) is 4.79 Å². The predicted molar refractivity (Wildman–Crippen MR) is 99.7 cm³/mol. The molecule has 1 aliphatic heterocycles. The molecule has 134 valence electrons. The number of rotatable bonds is 4. The Hall–Kier alpha value is -2.01. The Morgan fingerprint density at radius 2 is 1.96 bits per heavy atom. The zero-order chi connectivity index (χ0) is 16.7. The van der Waals surface area contributed by atoms with Gasteiger partial charge >= 0.3 is 6.03 Å². The lowest BCUT2D eigenvalue weighted by Crippen LogP contribution is -2.35. The van der Waals surface area contributed by atoms with Crippen LogP contribution in [-0.4, -0.2) is 34.4 Å². The number of halogens is 1. The Morgan fingerprint density at radius 1 is 1.20 bits per heavy atom. The molecule has 0 bridgehead atoms. The molecule has 0 radical (unpaired) electrons. The van der Waals surface area contributed by atoms with E-state index in [0.29, 0.717) is 23.9 Å². The van der Waals surface area contributed by atoms with Crippen molar-refractivity contribution in [2.45, 2.75) is 45.6 Å². The number of amides is 3. The highest BCUT2D eigenvalue weighted by molar-refractivity contribution is 6.35. The molecule has 1 saturated heterocycles. The summed E-state index contributed by atoms with van der Waals surface area (Å²) in [5, 5.41) is 4.49. The first-order valence-corrected chi connectivity index (χ1v) is 8.87. The van der Waals surface area contributed by atoms with E-state index in [-0.39, 0.29) is 19.4 Å². The predicted octanol–water partition coefficient (Wildman–Crippen LogP) is 4.11. The molecule has 4 rings (SSSR count). The van der Waals surface area contributed by atoms with Gasteiger partial charge in [-0.1, -0.05) is 44.0 Å². The number of H-pyrrole nitrogens is 1. The highest BCUT2D eigenvalue weighted by atomic mass is 35.5. The first-order valence-electron chi connectivity index (χ1n) is 8.50. The summed E-state index contributed by atoms with van der Waals surface area (Å²) in [7, 11) is 0. The molecule has 1 aliphatic carbocycles. The van der Waals surface area contributed by atoms with Crippen molar-refractivity contribution in [2.24, 2.45) is 5.92 Å². The average Bonchev–Trinajstić information content (AvgIpc) is 3.26. The fourth-order valence-electron chi connectivity index (χ4n) is 3.90. The van der Waals surface area contributed by atoms with Crippen molar-refractivity contribution in [1.82, 2.24) is 15.2 Å². The molecule has 1 atom stereocenters. The summed E-state index contributed by atoms with van der Waals surface area (Å²) >= 11 is 6.18. The number of aromatic nitrogens is 1. The minimum Gasteiger partial charge on any atom is -0.360 e. The monoisotopic (exact) mass is 361 g/mol. The quantitative estimate of drug-likeness (QED) is 0.805. The Labute approximate surface area is 152 Å². The highest BCUT2D eigenvalue weighted by Crippen LogP contribution is 2.29. The van der Waals surface area contributed by atoms with Gasteiger partial charge < -0.3 is 10.3 Å². The van der Waals surface area contributed by atoms with Gasteiger partial charge in [-0.15, -0.1) is 0 Å². The summed E-state index contributed by atoms with van der Waals surface area (Å²) in [6, 6.07) is 4.95. The summed E-state index contributed by atoms with van der Waals surface area (Å²) in [6.07, 6.45) is 6.98. The Kier molecular flexibility index (Phi) is 5.04. The molecule has 5 nitrogen and oxygen atoms in total. The molecular formula is C19H24ClN3O2. The minimum atomic E-state index is -0.489. The molecule has 2 heterocycles. The Morgan fingerprint density at radius 3 is 2.72 bits per heavy atom. The molecule has 2 aliphatic rings. The molecule has 1 aromatic carbocycles. The van der Waals surface area contributed by atoms with Gasteiger partial charge in [0.2, 0.25) is 0 Å². The van der Waals surface area contributed by atoms with E-state index in [2.05, 4.69) is 10.3 Å². The van der Waals surface area contributed by atoms with E-state index in [1.807, 2.05) is 24.4 Å². The maximum atomic E-state index is 12.6. The number of imide groups is 1. The van der Waals surface area contributed by atoms with Crippen molar-refractivity contribution >= 4 is 34.4 Å². The van der Waals surface area contributed by atoms with Crippen molar-refractivity contribution < 1.29 is 9.59 Å². The molecule has 2 N–H and O–H groups in total. The van der Waals surface area contributed by atoms with Gasteiger partial charge in [-0.2, -0.15) is 0 Å². The molecule has 1 aromatic heterocycles. The summed E-state index contributed by atoms with van der Waals surface area (Å²) < 4.78 is 0. The molecule has 25 heavy (non-hydrogen) atoms. The Bertz CT molecular complexity index is 795. The van der Waals surface area contributed by atoms with Gasteiger partial charge in [0.1, 0.15) is 6.04 Å². The standard InChI is InChI=1S/C18H20ClN3O2.CH4/c19-14-7-3-6-13-12(9-20-16(13)14)8-15-17(23)22(18(24)21-15)10-11-4-1-2-5-11;/h3,6-7,9,11,15,20H,1-2,4-5,8,10H2,(H,21,24);1H4/t15-;/m1./s1. The minimum absolute atomic E-state index is 0. The highest BCUT2D eigenvalue weighted by Gasteiger charge is 2.39. The van der Waals surface area contributed by atoms with Crippen LogP contribution in [0.2, 0.25) is 5.02 Å². The van der Waals surface area contributed by atoms with E-state index in [1.54, 1.807) is 0 Å². The van der Waals surface area contributed by atoms with Crippen LogP contribution in [0.5, 0.6) is 0 Å². The van der Waals surface area contributed by atoms with Crippen LogP contribution in [0.15, 0.2) is 24.4 Å². The number of para-hydroxylation sites is 1. The second-order valence-electron chi connectivity index (χ2n) is 6.78. The van der Waals surface area contributed by atoms with Crippen LogP contribution < -0.4 is 5.32 Å². The number of carbonyl (C=O) groups excluding carboxylic acids is 2. The van der Waals surface area contributed by atoms with Gasteiger partial charge in [-0.3, -0.25) is 9.69 Å². The fourth-order valence-corrected chi connectivity index (χ4v) is 4.13. The number of nitrogens with one attached hydrogen (secondary N) is 2. The van der Waals surface area contributed by atoms with Gasteiger partial charge in [0.15, 0.2) is 0 Å². The van der Waals surface area contributed by atoms with Gasteiger partial charge in [-0.05, 0) is 30.4 Å². The topological polar surface area (TPSA) is 65.2 Å². The van der Waals surface area contributed by atoms with Crippen molar-refractivity contribution in [1.29, 1.82) is 0 Å².